The van der Waals surface area contributed by atoms with Crippen LogP contribution in [0.15, 0.2) is 12.4 Å². The summed E-state index contributed by atoms with van der Waals surface area (Å²) in [7, 11) is 1.79. The molecule has 90 valence electrons. The number of aryl methyl sites for hydroxylation is 1. The van der Waals surface area contributed by atoms with Crippen LogP contribution in [0.5, 0.6) is 0 Å². The van der Waals surface area contributed by atoms with E-state index in [4.69, 9.17) is 9.31 Å². The van der Waals surface area contributed by atoms with Crippen LogP contribution >= 0.6 is 0 Å². The Morgan fingerprint density at radius 3 is 2.12 bits per heavy atom. The Bertz CT molecular complexity index is 398. The molecular weight excluding hydrogens is 207 g/mol. The highest BCUT2D eigenvalue weighted by atomic mass is 16.8. The molecule has 1 aromatic heterocycles. The van der Waals surface area contributed by atoms with Crippen molar-refractivity contribution in [3.63, 3.8) is 0 Å². The largest absolute Gasteiger partial charge is 0.555 e. The number of rotatable bonds is 1. The molecule has 1 aliphatic rings. The molecule has 1 N–H and O–H groups in total. The van der Waals surface area contributed by atoms with E-state index in [0.29, 0.717) is 5.46 Å². The maximum absolute atomic E-state index is 10.4. The minimum atomic E-state index is -2.42. The fourth-order valence-corrected chi connectivity index (χ4v) is 1.87. The minimum Gasteiger partial charge on any atom is -0.555 e. The van der Waals surface area contributed by atoms with Gasteiger partial charge in [0.05, 0.1) is 0 Å². The van der Waals surface area contributed by atoms with Gasteiger partial charge in [0.2, 0.25) is 0 Å². The highest BCUT2D eigenvalue weighted by Crippen LogP contribution is 2.39. The van der Waals surface area contributed by atoms with Gasteiger partial charge in [0.1, 0.15) is 0 Å². The van der Waals surface area contributed by atoms with Gasteiger partial charge in [-0.05, 0) is 33.9 Å². The lowest BCUT2D eigenvalue weighted by Gasteiger charge is -2.36. The van der Waals surface area contributed by atoms with Gasteiger partial charge in [0, 0.05) is 24.4 Å². The van der Waals surface area contributed by atoms with Gasteiger partial charge < -0.3 is 14.3 Å². The fourth-order valence-electron chi connectivity index (χ4n) is 1.87. The monoisotopic (exact) mass is 225 g/mol. The summed E-state index contributed by atoms with van der Waals surface area (Å²) in [5.41, 5.74) is -0.518. The van der Waals surface area contributed by atoms with Gasteiger partial charge in [0.25, 0.3) is 0 Å². The Hall–Kier alpha value is -0.845. The molecule has 0 amide bonds. The molecule has 0 aliphatic carbocycles. The summed E-state index contributed by atoms with van der Waals surface area (Å²) in [6.07, 6.45) is 3.27. The average Bonchev–Trinajstić information content (AvgIpc) is 2.54. The molecule has 0 unspecified atom stereocenters. The molecule has 1 fully saturated rings. The van der Waals surface area contributed by atoms with Crippen LogP contribution < -0.4 is 5.46 Å². The summed E-state index contributed by atoms with van der Waals surface area (Å²) in [6.45, 7) is 5.20. The van der Waals surface area contributed by atoms with E-state index in [1.807, 2.05) is 27.7 Å². The van der Waals surface area contributed by atoms with Gasteiger partial charge >= 0.3 is 6.75 Å². The standard InChI is InChI=1S/C10H18BN2O3/c1-9(2)10(3,4)16-11(14,15-9)8-6-12-13(5)7-8/h6-7,14H,1-5H3/q-1. The molecule has 0 spiro atoms. The van der Waals surface area contributed by atoms with Crippen molar-refractivity contribution >= 4 is 12.2 Å². The SMILES string of the molecule is Cn1cc([B-]2(O)OC(C)(C)C(C)(C)O2)cn1. The summed E-state index contributed by atoms with van der Waals surface area (Å²) in [5, 5.41) is 14.4. The third-order valence-corrected chi connectivity index (χ3v) is 3.50. The Balaban J connectivity index is 2.37. The first-order chi connectivity index (χ1) is 7.16. The van der Waals surface area contributed by atoms with Crippen molar-refractivity contribution in [2.24, 2.45) is 7.05 Å². The molecule has 0 bridgehead atoms. The van der Waals surface area contributed by atoms with E-state index in [1.54, 1.807) is 24.1 Å². The smallest absolute Gasteiger partial charge is 0.411 e. The Morgan fingerprint density at radius 1 is 1.25 bits per heavy atom. The van der Waals surface area contributed by atoms with Gasteiger partial charge in [-0.15, -0.1) is 0 Å². The van der Waals surface area contributed by atoms with Crippen LogP contribution in [-0.2, 0) is 16.4 Å². The van der Waals surface area contributed by atoms with Gasteiger partial charge in [-0.3, -0.25) is 4.68 Å². The van der Waals surface area contributed by atoms with Gasteiger partial charge in [0.15, 0.2) is 0 Å². The van der Waals surface area contributed by atoms with Crippen molar-refractivity contribution in [3.05, 3.63) is 12.4 Å². The maximum atomic E-state index is 10.4. The first kappa shape index (κ1) is 11.6. The van der Waals surface area contributed by atoms with E-state index in [2.05, 4.69) is 5.10 Å². The molecule has 0 radical (unpaired) electrons. The lowest BCUT2D eigenvalue weighted by molar-refractivity contribution is 0.00578. The number of aromatic nitrogens is 2. The molecule has 0 saturated carbocycles. The Labute approximate surface area is 95.4 Å². The average molecular weight is 225 g/mol. The normalized spacial score (nSPS) is 25.9. The molecule has 1 saturated heterocycles. The lowest BCUT2D eigenvalue weighted by atomic mass is 9.72. The predicted octanol–water partition coefficient (Wildman–Crippen LogP) is 0.162. The van der Waals surface area contributed by atoms with E-state index in [0.717, 1.165) is 0 Å². The Kier molecular flexibility index (Phi) is 2.25. The zero-order chi connectivity index (χ0) is 12.2. The van der Waals surface area contributed by atoms with E-state index >= 15 is 0 Å². The second kappa shape index (κ2) is 3.09. The van der Waals surface area contributed by atoms with Crippen LogP contribution in [0.25, 0.3) is 0 Å². The van der Waals surface area contributed by atoms with E-state index < -0.39 is 18.0 Å². The first-order valence-electron chi connectivity index (χ1n) is 5.42. The molecule has 2 rings (SSSR count). The second-order valence-corrected chi connectivity index (χ2v) is 5.38. The number of nitrogens with zero attached hydrogens (tertiary/aromatic N) is 2. The van der Waals surface area contributed by atoms with Gasteiger partial charge in [-0.1, -0.05) is 5.46 Å². The van der Waals surface area contributed by atoms with E-state index in [-0.39, 0.29) is 0 Å². The quantitative estimate of drug-likeness (QED) is 0.692. The van der Waals surface area contributed by atoms with Crippen molar-refractivity contribution in [3.8, 4) is 0 Å². The zero-order valence-corrected chi connectivity index (χ0v) is 10.4. The van der Waals surface area contributed by atoms with Crippen LogP contribution in [0.4, 0.5) is 0 Å². The second-order valence-electron chi connectivity index (χ2n) is 5.38. The molecule has 2 heterocycles. The van der Waals surface area contributed by atoms with Crippen LogP contribution in [0.1, 0.15) is 27.7 Å². The predicted molar refractivity (Wildman–Crippen MR) is 61.1 cm³/mol. The topological polar surface area (TPSA) is 56.5 Å². The Morgan fingerprint density at radius 2 is 1.75 bits per heavy atom. The van der Waals surface area contributed by atoms with Crippen molar-refractivity contribution in [1.29, 1.82) is 0 Å². The summed E-state index contributed by atoms with van der Waals surface area (Å²) in [6, 6.07) is 0. The maximum Gasteiger partial charge on any atom is 0.411 e. The lowest BCUT2D eigenvalue weighted by Crippen LogP contribution is -2.51. The summed E-state index contributed by atoms with van der Waals surface area (Å²) >= 11 is 0. The summed E-state index contributed by atoms with van der Waals surface area (Å²) < 4.78 is 13.0. The first-order valence-corrected chi connectivity index (χ1v) is 5.42. The van der Waals surface area contributed by atoms with E-state index in [1.165, 1.54) is 0 Å². The number of hydrogen-bond acceptors (Lipinski definition) is 4. The molecular formula is C10H18BN2O3-. The third kappa shape index (κ3) is 1.57. The third-order valence-electron chi connectivity index (χ3n) is 3.50. The highest BCUT2D eigenvalue weighted by molar-refractivity contribution is 6.74. The van der Waals surface area contributed by atoms with Gasteiger partial charge in [-0.25, -0.2) is 0 Å². The molecule has 5 nitrogen and oxygen atoms in total. The molecule has 0 aromatic carbocycles. The summed E-state index contributed by atoms with van der Waals surface area (Å²) in [4.78, 5) is 0. The summed E-state index contributed by atoms with van der Waals surface area (Å²) in [5.74, 6) is 0. The van der Waals surface area contributed by atoms with Crippen LogP contribution in [0, 0.1) is 0 Å². The van der Waals surface area contributed by atoms with Crippen LogP contribution in [0.3, 0.4) is 0 Å². The van der Waals surface area contributed by atoms with E-state index in [9.17, 15) is 5.02 Å². The van der Waals surface area contributed by atoms with Crippen molar-refractivity contribution in [2.75, 3.05) is 0 Å². The highest BCUT2D eigenvalue weighted by Gasteiger charge is 2.52. The molecule has 0 atom stereocenters. The molecule has 1 aliphatic heterocycles. The minimum absolute atomic E-state index is 0.544. The van der Waals surface area contributed by atoms with Crippen molar-refractivity contribution in [1.82, 2.24) is 9.78 Å². The van der Waals surface area contributed by atoms with Crippen LogP contribution in [-0.4, -0.2) is 32.8 Å². The zero-order valence-electron chi connectivity index (χ0n) is 10.4. The van der Waals surface area contributed by atoms with Crippen LogP contribution in [0.2, 0.25) is 0 Å². The molecule has 1 aromatic rings. The van der Waals surface area contributed by atoms with Gasteiger partial charge in [-0.2, -0.15) is 5.10 Å². The number of hydrogen-bond donors (Lipinski definition) is 1. The molecule has 6 heteroatoms. The fraction of sp³-hybridized carbons (Fsp3) is 0.700. The molecule has 16 heavy (non-hydrogen) atoms. The van der Waals surface area contributed by atoms with Crippen molar-refractivity contribution in [2.45, 2.75) is 38.9 Å². The van der Waals surface area contributed by atoms with Crippen molar-refractivity contribution < 1.29 is 14.3 Å².